The van der Waals surface area contributed by atoms with E-state index in [1.54, 1.807) is 29.2 Å². The van der Waals surface area contributed by atoms with Crippen LogP contribution < -0.4 is 10.2 Å². The van der Waals surface area contributed by atoms with Crippen molar-refractivity contribution < 1.29 is 9.59 Å². The van der Waals surface area contributed by atoms with Gasteiger partial charge in [0, 0.05) is 27.7 Å². The number of anilines is 1. The van der Waals surface area contributed by atoms with Gasteiger partial charge < -0.3 is 10.2 Å². The number of hydrogen-bond acceptors (Lipinski definition) is 3. The number of nitrogens with zero attached hydrogens (tertiary/aromatic N) is 2. The molecule has 176 valence electrons. The molecule has 0 saturated carbocycles. The van der Waals surface area contributed by atoms with Gasteiger partial charge in [-0.25, -0.2) is 0 Å². The molecule has 3 rings (SSSR count). The van der Waals surface area contributed by atoms with Crippen molar-refractivity contribution in [2.75, 3.05) is 18.0 Å². The normalized spacial score (nSPS) is 16.8. The predicted molar refractivity (Wildman–Crippen MR) is 137 cm³/mol. The van der Waals surface area contributed by atoms with Gasteiger partial charge in [0.15, 0.2) is 0 Å². The Morgan fingerprint density at radius 3 is 2.52 bits per heavy atom. The molecule has 0 aromatic heterocycles. The number of aliphatic imine (C=N–C) groups is 1. The largest absolute Gasteiger partial charge is 0.355 e. The molecular weight excluding hydrogens is 457 g/mol. The molecule has 2 unspecified atom stereocenters. The van der Waals surface area contributed by atoms with E-state index in [1.807, 2.05) is 32.0 Å². The highest BCUT2D eigenvalue weighted by atomic mass is 35.5. The van der Waals surface area contributed by atoms with Crippen LogP contribution in [0.5, 0.6) is 0 Å². The van der Waals surface area contributed by atoms with E-state index in [2.05, 4.69) is 19.2 Å². The molecule has 1 aliphatic heterocycles. The fourth-order valence-electron chi connectivity index (χ4n) is 3.80. The summed E-state index contributed by atoms with van der Waals surface area (Å²) >= 11 is 12.9. The first kappa shape index (κ1) is 25.3. The van der Waals surface area contributed by atoms with E-state index in [-0.39, 0.29) is 24.3 Å². The van der Waals surface area contributed by atoms with Gasteiger partial charge in [-0.2, -0.15) is 0 Å². The van der Waals surface area contributed by atoms with Crippen molar-refractivity contribution in [1.29, 1.82) is 0 Å². The van der Waals surface area contributed by atoms with Crippen LogP contribution >= 0.6 is 23.2 Å². The van der Waals surface area contributed by atoms with Crippen LogP contribution in [0.4, 0.5) is 5.69 Å². The van der Waals surface area contributed by atoms with Gasteiger partial charge in [0.25, 0.3) is 5.91 Å². The van der Waals surface area contributed by atoms with Crippen LogP contribution in [0.1, 0.15) is 51.7 Å². The van der Waals surface area contributed by atoms with E-state index in [4.69, 9.17) is 28.2 Å². The first-order valence-electron chi connectivity index (χ1n) is 11.4. The molecule has 33 heavy (non-hydrogen) atoms. The van der Waals surface area contributed by atoms with E-state index < -0.39 is 6.04 Å². The van der Waals surface area contributed by atoms with Crippen molar-refractivity contribution in [2.45, 2.75) is 46.6 Å². The minimum absolute atomic E-state index is 0.0220. The Morgan fingerprint density at radius 1 is 1.12 bits per heavy atom. The maximum Gasteiger partial charge on any atom is 0.252 e. The number of hydrogen-bond donors (Lipinski definition) is 1. The van der Waals surface area contributed by atoms with Gasteiger partial charge in [-0.15, -0.1) is 0 Å². The summed E-state index contributed by atoms with van der Waals surface area (Å²) in [6.45, 7) is 8.73. The molecule has 7 heteroatoms. The first-order valence-corrected chi connectivity index (χ1v) is 12.2. The van der Waals surface area contributed by atoms with Crippen LogP contribution in [0.25, 0.3) is 0 Å². The lowest BCUT2D eigenvalue weighted by atomic mass is 9.97. The zero-order valence-corrected chi connectivity index (χ0v) is 21.1. The van der Waals surface area contributed by atoms with Crippen LogP contribution in [0.2, 0.25) is 10.0 Å². The number of nitrogens with one attached hydrogen (secondary N) is 1. The molecule has 2 aromatic carbocycles. The molecule has 5 nitrogen and oxygen atoms in total. The Bertz CT molecular complexity index is 1050. The second kappa shape index (κ2) is 11.2. The van der Waals surface area contributed by atoms with Gasteiger partial charge >= 0.3 is 0 Å². The van der Waals surface area contributed by atoms with Crippen molar-refractivity contribution in [1.82, 2.24) is 5.32 Å². The molecule has 2 amide bonds. The lowest BCUT2D eigenvalue weighted by Crippen LogP contribution is -2.46. The summed E-state index contributed by atoms with van der Waals surface area (Å²) < 4.78 is 0. The highest BCUT2D eigenvalue weighted by molar-refractivity contribution is 6.37. The monoisotopic (exact) mass is 487 g/mol. The van der Waals surface area contributed by atoms with Crippen LogP contribution in [0.3, 0.4) is 0 Å². The quantitative estimate of drug-likeness (QED) is 0.514. The number of halogens is 2. The highest BCUT2D eigenvalue weighted by Gasteiger charge is 2.36. The van der Waals surface area contributed by atoms with E-state index in [0.29, 0.717) is 39.5 Å². The average molecular weight is 488 g/mol. The predicted octanol–water partition coefficient (Wildman–Crippen LogP) is 5.75. The third-order valence-electron chi connectivity index (χ3n) is 5.95. The minimum Gasteiger partial charge on any atom is -0.355 e. The zero-order chi connectivity index (χ0) is 24.1. The lowest BCUT2D eigenvalue weighted by Gasteiger charge is -2.26. The number of benzodiazepines with no additional fused rings is 1. The number of carbonyl (C=O) groups is 2. The van der Waals surface area contributed by atoms with Crippen molar-refractivity contribution in [3.05, 3.63) is 63.6 Å². The molecule has 1 heterocycles. The maximum absolute atomic E-state index is 13.7. The average Bonchev–Trinajstić information content (AvgIpc) is 2.88. The molecule has 2 atom stereocenters. The lowest BCUT2D eigenvalue weighted by molar-refractivity contribution is -0.125. The molecule has 2 aromatic rings. The van der Waals surface area contributed by atoms with Gasteiger partial charge in [-0.05, 0) is 42.5 Å². The maximum atomic E-state index is 13.7. The summed E-state index contributed by atoms with van der Waals surface area (Å²) in [5.74, 6) is 0.0589. The van der Waals surface area contributed by atoms with Crippen LogP contribution in [0.15, 0.2) is 47.5 Å². The van der Waals surface area contributed by atoms with Crippen molar-refractivity contribution in [3.8, 4) is 0 Å². The van der Waals surface area contributed by atoms with Crippen molar-refractivity contribution in [2.24, 2.45) is 16.8 Å². The molecule has 0 bridgehead atoms. The van der Waals surface area contributed by atoms with Crippen molar-refractivity contribution in [3.63, 3.8) is 0 Å². The standard InChI is InChI=1S/C26H31Cl2N3O2/c1-5-17(4)24-26(33)31(15-23(32)29-13-12-16(2)3)22-11-10-18(27)14-20(22)25(30-24)19-8-6-7-9-21(19)28/h6-11,14,16-17,24H,5,12-13,15H2,1-4H3,(H,29,32). The fraction of sp³-hybridized carbons (Fsp3) is 0.423. The zero-order valence-electron chi connectivity index (χ0n) is 19.6. The second-order valence-corrected chi connectivity index (χ2v) is 9.75. The van der Waals surface area contributed by atoms with E-state index in [1.165, 1.54) is 0 Å². The Kier molecular flexibility index (Phi) is 8.55. The number of rotatable bonds is 8. The number of carbonyl (C=O) groups excluding carboxylic acids is 2. The summed E-state index contributed by atoms with van der Waals surface area (Å²) in [4.78, 5) is 33.0. The fourth-order valence-corrected chi connectivity index (χ4v) is 4.20. The smallest absolute Gasteiger partial charge is 0.252 e. The molecular formula is C26H31Cl2N3O2. The summed E-state index contributed by atoms with van der Waals surface area (Å²) in [6, 6.07) is 12.1. The summed E-state index contributed by atoms with van der Waals surface area (Å²) in [7, 11) is 0. The highest BCUT2D eigenvalue weighted by Crippen LogP contribution is 2.34. The molecule has 0 saturated heterocycles. The van der Waals surface area contributed by atoms with Gasteiger partial charge in [0.05, 0.1) is 11.4 Å². The molecule has 1 aliphatic rings. The third-order valence-corrected chi connectivity index (χ3v) is 6.51. The Balaban J connectivity index is 2.10. The van der Waals surface area contributed by atoms with E-state index in [0.717, 1.165) is 18.4 Å². The SMILES string of the molecule is CCC(C)C1N=C(c2ccccc2Cl)c2cc(Cl)ccc2N(CC(=O)NCCC(C)C)C1=O. The Morgan fingerprint density at radius 2 is 1.85 bits per heavy atom. The van der Waals surface area contributed by atoms with Gasteiger partial charge in [0.2, 0.25) is 5.91 Å². The third kappa shape index (κ3) is 5.96. The number of benzene rings is 2. The van der Waals surface area contributed by atoms with Crippen LogP contribution in [0, 0.1) is 11.8 Å². The molecule has 0 spiro atoms. The Labute approximate surface area is 206 Å². The van der Waals surface area contributed by atoms with Crippen LogP contribution in [-0.2, 0) is 9.59 Å². The van der Waals surface area contributed by atoms with Gasteiger partial charge in [-0.1, -0.05) is 75.5 Å². The van der Waals surface area contributed by atoms with Crippen LogP contribution in [-0.4, -0.2) is 36.7 Å². The summed E-state index contributed by atoms with van der Waals surface area (Å²) in [5, 5.41) is 3.99. The minimum atomic E-state index is -0.643. The Hall–Kier alpha value is -2.37. The number of amides is 2. The summed E-state index contributed by atoms with van der Waals surface area (Å²) in [6.07, 6.45) is 1.64. The van der Waals surface area contributed by atoms with Gasteiger partial charge in [0.1, 0.15) is 12.6 Å². The first-order chi connectivity index (χ1) is 15.7. The van der Waals surface area contributed by atoms with Crippen molar-refractivity contribution >= 4 is 46.4 Å². The molecule has 1 N–H and O–H groups in total. The summed E-state index contributed by atoms with van der Waals surface area (Å²) in [5.41, 5.74) is 2.63. The topological polar surface area (TPSA) is 61.8 Å². The molecule has 0 fully saturated rings. The van der Waals surface area contributed by atoms with E-state index in [9.17, 15) is 9.59 Å². The number of fused-ring (bicyclic) bond motifs is 1. The molecule has 0 aliphatic carbocycles. The second-order valence-electron chi connectivity index (χ2n) is 8.91. The van der Waals surface area contributed by atoms with E-state index >= 15 is 0 Å². The molecule has 0 radical (unpaired) electrons. The van der Waals surface area contributed by atoms with Gasteiger partial charge in [-0.3, -0.25) is 14.6 Å².